The van der Waals surface area contributed by atoms with E-state index in [1.165, 1.54) is 20.9 Å². The maximum absolute atomic E-state index is 12.7. The van der Waals surface area contributed by atoms with Crippen molar-refractivity contribution < 1.29 is 19.3 Å². The number of aryl methyl sites for hydroxylation is 1. The Labute approximate surface area is 172 Å². The van der Waals surface area contributed by atoms with Crippen LogP contribution >= 0.6 is 0 Å². The summed E-state index contributed by atoms with van der Waals surface area (Å²) in [6.45, 7) is 6.75. The summed E-state index contributed by atoms with van der Waals surface area (Å²) in [5.41, 5.74) is 2.69. The summed E-state index contributed by atoms with van der Waals surface area (Å²) in [6.07, 6.45) is 3.96. The fourth-order valence-corrected chi connectivity index (χ4v) is 5.14. The Morgan fingerprint density at radius 2 is 1.66 bits per heavy atom. The van der Waals surface area contributed by atoms with Crippen molar-refractivity contribution in [2.75, 3.05) is 32.7 Å². The van der Waals surface area contributed by atoms with E-state index in [2.05, 4.69) is 31.2 Å². The molecular formula is C23H32N3O3+. The third kappa shape index (κ3) is 4.22. The number of piperazine rings is 1. The van der Waals surface area contributed by atoms with Crippen molar-refractivity contribution in [3.8, 4) is 0 Å². The molecule has 1 aliphatic carbocycles. The molecule has 6 nitrogen and oxygen atoms in total. The first-order chi connectivity index (χ1) is 14.0. The third-order valence-corrected chi connectivity index (χ3v) is 7.01. The average molecular weight is 399 g/mol. The minimum Gasteiger partial charge on any atom is -0.331 e. The molecule has 4 rings (SSSR count). The number of quaternary nitrogens is 1. The van der Waals surface area contributed by atoms with Crippen LogP contribution in [-0.4, -0.2) is 60.2 Å². The molecular weight excluding hydrogens is 366 g/mol. The van der Waals surface area contributed by atoms with Crippen LogP contribution in [-0.2, 0) is 20.9 Å². The Morgan fingerprint density at radius 1 is 1.03 bits per heavy atom. The van der Waals surface area contributed by atoms with E-state index < -0.39 is 0 Å². The first kappa shape index (κ1) is 20.1. The van der Waals surface area contributed by atoms with Crippen molar-refractivity contribution in [3.63, 3.8) is 0 Å². The third-order valence-electron chi connectivity index (χ3n) is 7.01. The number of fused-ring (bicyclic) bond motifs is 1. The summed E-state index contributed by atoms with van der Waals surface area (Å²) in [7, 11) is 0. The first-order valence-electron chi connectivity index (χ1n) is 11.1. The van der Waals surface area contributed by atoms with E-state index >= 15 is 0 Å². The van der Waals surface area contributed by atoms with Crippen molar-refractivity contribution in [2.45, 2.75) is 45.6 Å². The molecule has 1 N–H and O–H groups in total. The molecule has 6 heteroatoms. The molecule has 2 heterocycles. The zero-order chi connectivity index (χ0) is 20.4. The van der Waals surface area contributed by atoms with Gasteiger partial charge in [0, 0.05) is 18.5 Å². The maximum atomic E-state index is 12.7. The number of hydrogen-bond acceptors (Lipinski definition) is 3. The van der Waals surface area contributed by atoms with Gasteiger partial charge in [0.05, 0.1) is 38.0 Å². The van der Waals surface area contributed by atoms with E-state index in [9.17, 15) is 14.4 Å². The molecule has 3 amide bonds. The molecule has 1 aromatic carbocycles. The summed E-state index contributed by atoms with van der Waals surface area (Å²) in [5.74, 6) is -0.268. The van der Waals surface area contributed by atoms with Gasteiger partial charge in [0.15, 0.2) is 0 Å². The molecule has 2 saturated heterocycles. The Kier molecular flexibility index (Phi) is 5.99. The molecule has 156 valence electrons. The molecule has 0 aromatic heterocycles. The quantitative estimate of drug-likeness (QED) is 0.746. The molecule has 3 fully saturated rings. The number of nitrogens with zero attached hydrogens (tertiary/aromatic N) is 2. The fraction of sp³-hybridized carbons (Fsp3) is 0.609. The van der Waals surface area contributed by atoms with Crippen LogP contribution in [0.15, 0.2) is 24.3 Å². The molecule has 29 heavy (non-hydrogen) atoms. The minimum atomic E-state index is -0.125. The maximum Gasteiger partial charge on any atom is 0.233 e. The largest absolute Gasteiger partial charge is 0.331 e. The molecule has 0 unspecified atom stereocenters. The van der Waals surface area contributed by atoms with Crippen LogP contribution in [0.5, 0.6) is 0 Å². The Balaban J connectivity index is 1.25. The van der Waals surface area contributed by atoms with Crippen LogP contribution in [0.1, 0.15) is 43.2 Å². The number of rotatable bonds is 5. The fourth-order valence-electron chi connectivity index (χ4n) is 5.14. The van der Waals surface area contributed by atoms with Gasteiger partial charge in [-0.25, -0.2) is 0 Å². The Morgan fingerprint density at radius 3 is 2.28 bits per heavy atom. The summed E-state index contributed by atoms with van der Waals surface area (Å²) < 4.78 is 0. The van der Waals surface area contributed by atoms with E-state index in [0.717, 1.165) is 58.4 Å². The number of nitrogens with one attached hydrogen (secondary N) is 1. The second-order valence-electron chi connectivity index (χ2n) is 8.81. The van der Waals surface area contributed by atoms with Crippen molar-refractivity contribution in [1.29, 1.82) is 0 Å². The van der Waals surface area contributed by atoms with Crippen molar-refractivity contribution in [1.82, 2.24) is 9.80 Å². The molecule has 1 saturated carbocycles. The standard InChI is InChI=1S/C23H31N3O3/c1-17-6-2-3-7-18(17)16-24-12-14-25(15-13-24)21(27)10-11-26-22(28)19-8-4-5-9-20(19)23(26)29/h2-3,6-7,19-20H,4-5,8-16H2,1H3/p+1/t19-,20-/m0/s1. The van der Waals surface area contributed by atoms with Gasteiger partial charge in [-0.3, -0.25) is 19.3 Å². The van der Waals surface area contributed by atoms with Crippen LogP contribution in [0.25, 0.3) is 0 Å². The van der Waals surface area contributed by atoms with E-state index in [-0.39, 0.29) is 42.5 Å². The van der Waals surface area contributed by atoms with Crippen LogP contribution in [0.2, 0.25) is 0 Å². The topological polar surface area (TPSA) is 62.1 Å². The summed E-state index contributed by atoms with van der Waals surface area (Å²) in [5, 5.41) is 0. The summed E-state index contributed by atoms with van der Waals surface area (Å²) >= 11 is 0. The van der Waals surface area contributed by atoms with Crippen molar-refractivity contribution >= 4 is 17.7 Å². The second-order valence-corrected chi connectivity index (χ2v) is 8.81. The number of carbonyl (C=O) groups is 3. The minimum absolute atomic E-state index is 0.0417. The van der Waals surface area contributed by atoms with Gasteiger partial charge in [0.25, 0.3) is 0 Å². The number of likely N-dealkylation sites (tertiary alicyclic amines) is 1. The van der Waals surface area contributed by atoms with Crippen LogP contribution in [0.3, 0.4) is 0 Å². The smallest absolute Gasteiger partial charge is 0.233 e. The number of carbonyl (C=O) groups excluding carboxylic acids is 3. The van der Waals surface area contributed by atoms with Gasteiger partial charge < -0.3 is 9.80 Å². The number of benzene rings is 1. The molecule has 2 atom stereocenters. The van der Waals surface area contributed by atoms with Gasteiger partial charge >= 0.3 is 0 Å². The van der Waals surface area contributed by atoms with E-state index in [4.69, 9.17) is 0 Å². The van der Waals surface area contributed by atoms with Crippen LogP contribution in [0.4, 0.5) is 0 Å². The number of imide groups is 1. The van der Waals surface area contributed by atoms with E-state index in [0.29, 0.717) is 0 Å². The van der Waals surface area contributed by atoms with Gasteiger partial charge in [-0.1, -0.05) is 37.1 Å². The summed E-state index contributed by atoms with van der Waals surface area (Å²) in [4.78, 5) is 42.6. The molecule has 0 spiro atoms. The lowest BCUT2D eigenvalue weighted by atomic mass is 9.81. The lowest BCUT2D eigenvalue weighted by Crippen LogP contribution is -3.13. The normalized spacial score (nSPS) is 25.4. The van der Waals surface area contributed by atoms with Crippen LogP contribution in [0, 0.1) is 18.8 Å². The van der Waals surface area contributed by atoms with Crippen molar-refractivity contribution in [2.24, 2.45) is 11.8 Å². The predicted octanol–water partition coefficient (Wildman–Crippen LogP) is 0.787. The van der Waals surface area contributed by atoms with Gasteiger partial charge in [-0.2, -0.15) is 0 Å². The number of hydrogen-bond donors (Lipinski definition) is 1. The zero-order valence-corrected chi connectivity index (χ0v) is 17.4. The molecule has 3 aliphatic rings. The Hall–Kier alpha value is -2.21. The molecule has 2 aliphatic heterocycles. The van der Waals surface area contributed by atoms with Gasteiger partial charge in [-0.05, 0) is 25.3 Å². The van der Waals surface area contributed by atoms with Crippen molar-refractivity contribution in [3.05, 3.63) is 35.4 Å². The van der Waals surface area contributed by atoms with E-state index in [1.807, 2.05) is 4.90 Å². The average Bonchev–Trinajstić information content (AvgIpc) is 2.99. The molecule has 1 aromatic rings. The van der Waals surface area contributed by atoms with Crippen LogP contribution < -0.4 is 4.90 Å². The second kappa shape index (κ2) is 8.66. The highest BCUT2D eigenvalue weighted by Gasteiger charge is 2.47. The first-order valence-corrected chi connectivity index (χ1v) is 11.1. The monoisotopic (exact) mass is 398 g/mol. The molecule has 0 radical (unpaired) electrons. The highest BCUT2D eigenvalue weighted by Crippen LogP contribution is 2.37. The Bertz CT molecular complexity index is 761. The highest BCUT2D eigenvalue weighted by atomic mass is 16.2. The van der Waals surface area contributed by atoms with Gasteiger partial charge in [0.1, 0.15) is 6.54 Å². The highest BCUT2D eigenvalue weighted by molar-refractivity contribution is 6.05. The lowest BCUT2D eigenvalue weighted by molar-refractivity contribution is -0.917. The number of amides is 3. The van der Waals surface area contributed by atoms with Gasteiger partial charge in [-0.15, -0.1) is 0 Å². The summed E-state index contributed by atoms with van der Waals surface area (Å²) in [6, 6.07) is 8.47. The predicted molar refractivity (Wildman–Crippen MR) is 109 cm³/mol. The lowest BCUT2D eigenvalue weighted by Gasteiger charge is -2.32. The SMILES string of the molecule is Cc1ccccc1C[NH+]1CCN(C(=O)CCN2C(=O)[C@H]3CCCC[C@@H]3C2=O)CC1. The molecule has 0 bridgehead atoms. The van der Waals surface area contributed by atoms with Gasteiger partial charge in [0.2, 0.25) is 17.7 Å². The zero-order valence-electron chi connectivity index (χ0n) is 17.4. The van der Waals surface area contributed by atoms with E-state index in [1.54, 1.807) is 0 Å².